The summed E-state index contributed by atoms with van der Waals surface area (Å²) in [5.74, 6) is 0.349. The van der Waals surface area contributed by atoms with Gasteiger partial charge in [-0.3, -0.25) is 9.88 Å². The Balaban J connectivity index is 1.74. The van der Waals surface area contributed by atoms with E-state index in [0.717, 1.165) is 47.4 Å². The molecule has 0 bridgehead atoms. The molecule has 3 atom stereocenters. The van der Waals surface area contributed by atoms with Crippen LogP contribution in [0.1, 0.15) is 45.2 Å². The van der Waals surface area contributed by atoms with Gasteiger partial charge in [0.2, 0.25) is 5.88 Å². The lowest BCUT2D eigenvalue weighted by Crippen LogP contribution is -2.35. The van der Waals surface area contributed by atoms with E-state index >= 15 is 0 Å². The topological polar surface area (TPSA) is 79.4 Å². The Morgan fingerprint density at radius 1 is 1.00 bits per heavy atom. The minimum Gasteiger partial charge on any atom is -0.493 e. The lowest BCUT2D eigenvalue weighted by molar-refractivity contribution is 0.205. The predicted molar refractivity (Wildman–Crippen MR) is 124 cm³/mol. The molecule has 4 aromatic heterocycles. The van der Waals surface area contributed by atoms with Gasteiger partial charge in [0, 0.05) is 54.4 Å². The number of hydrogen-bond acceptors (Lipinski definition) is 6. The molecule has 0 amide bonds. The molecule has 0 spiro atoms. The van der Waals surface area contributed by atoms with E-state index in [0.29, 0.717) is 18.0 Å². The number of rotatable bonds is 5. The van der Waals surface area contributed by atoms with Crippen LogP contribution in [0.4, 0.5) is 0 Å². The second kappa shape index (κ2) is 8.31. The van der Waals surface area contributed by atoms with Crippen molar-refractivity contribution < 1.29 is 5.11 Å². The Bertz CT molecular complexity index is 1240. The van der Waals surface area contributed by atoms with Gasteiger partial charge in [-0.15, -0.1) is 0 Å². The Kier molecular flexibility index (Phi) is 5.35. The fourth-order valence-electron chi connectivity index (χ4n) is 5.30. The van der Waals surface area contributed by atoms with Crippen LogP contribution in [0.25, 0.3) is 28.0 Å². The number of aromatic nitrogens is 5. The van der Waals surface area contributed by atoms with Gasteiger partial charge in [0.1, 0.15) is 5.69 Å². The molecule has 5 rings (SSSR count). The Labute approximate surface area is 187 Å². The molecule has 0 aromatic carbocycles. The predicted octanol–water partition coefficient (Wildman–Crippen LogP) is 4.54. The number of pyridine rings is 2. The maximum Gasteiger partial charge on any atom is 0.211 e. The van der Waals surface area contributed by atoms with Crippen LogP contribution in [0.2, 0.25) is 0 Å². The van der Waals surface area contributed by atoms with Gasteiger partial charge >= 0.3 is 0 Å². The Morgan fingerprint density at radius 3 is 2.44 bits per heavy atom. The fourth-order valence-corrected chi connectivity index (χ4v) is 5.30. The van der Waals surface area contributed by atoms with Crippen LogP contribution < -0.4 is 0 Å². The monoisotopic (exact) mass is 428 g/mol. The lowest BCUT2D eigenvalue weighted by Gasteiger charge is -2.27. The number of fused-ring (bicyclic) bond motifs is 1. The summed E-state index contributed by atoms with van der Waals surface area (Å²) >= 11 is 0. The first-order valence-electron chi connectivity index (χ1n) is 11.3. The summed E-state index contributed by atoms with van der Waals surface area (Å²) in [4.78, 5) is 15.5. The van der Waals surface area contributed by atoms with Crippen LogP contribution in [0.3, 0.4) is 0 Å². The zero-order chi connectivity index (χ0) is 22.2. The second-order valence-corrected chi connectivity index (χ2v) is 8.44. The van der Waals surface area contributed by atoms with Gasteiger partial charge in [0.15, 0.2) is 5.65 Å². The summed E-state index contributed by atoms with van der Waals surface area (Å²) in [7, 11) is 0. The molecule has 7 heteroatoms. The molecule has 32 heavy (non-hydrogen) atoms. The molecule has 3 unspecified atom stereocenters. The summed E-state index contributed by atoms with van der Waals surface area (Å²) in [6.45, 7) is 7.89. The summed E-state index contributed by atoms with van der Waals surface area (Å²) in [6.07, 6.45) is 9.29. The highest BCUT2D eigenvalue weighted by atomic mass is 16.3. The lowest BCUT2D eigenvalue weighted by atomic mass is 9.95. The minimum absolute atomic E-state index is 0.0209. The summed E-state index contributed by atoms with van der Waals surface area (Å²) in [5.41, 5.74) is 5.48. The molecule has 1 saturated heterocycles. The maximum absolute atomic E-state index is 10.0. The van der Waals surface area contributed by atoms with Crippen LogP contribution in [-0.2, 0) is 0 Å². The third kappa shape index (κ3) is 3.33. The van der Waals surface area contributed by atoms with Gasteiger partial charge in [-0.1, -0.05) is 13.8 Å². The molecule has 7 nitrogen and oxygen atoms in total. The van der Waals surface area contributed by atoms with Crippen molar-refractivity contribution in [1.29, 1.82) is 0 Å². The van der Waals surface area contributed by atoms with Crippen LogP contribution in [-0.4, -0.2) is 53.2 Å². The normalized spacial score (nSPS) is 21.4. The molecule has 1 fully saturated rings. The number of aromatic hydroxyl groups is 1. The molecule has 4 aromatic rings. The van der Waals surface area contributed by atoms with Gasteiger partial charge in [0.05, 0.1) is 11.3 Å². The summed E-state index contributed by atoms with van der Waals surface area (Å²) in [5, 5.41) is 15.1. The molecule has 1 aliphatic heterocycles. The van der Waals surface area contributed by atoms with Gasteiger partial charge in [-0.2, -0.15) is 5.10 Å². The number of nitrogens with zero attached hydrogens (tertiary/aromatic N) is 6. The highest BCUT2D eigenvalue weighted by Gasteiger charge is 2.39. The third-order valence-corrected chi connectivity index (χ3v) is 6.85. The number of likely N-dealkylation sites (N-methyl/N-ethyl adjacent to an activating group) is 1. The van der Waals surface area contributed by atoms with Gasteiger partial charge in [0.25, 0.3) is 0 Å². The zero-order valence-corrected chi connectivity index (χ0v) is 18.7. The van der Waals surface area contributed by atoms with Crippen molar-refractivity contribution in [3.8, 4) is 28.3 Å². The molecule has 5 heterocycles. The van der Waals surface area contributed by atoms with Crippen molar-refractivity contribution in [2.24, 2.45) is 0 Å². The maximum atomic E-state index is 10.0. The SMILES string of the molecule is CCC1CC(c2ccnc3c(-c4ccnc(O)c4)c(-c4ccncc4)nn23)C(C)N1CC. The molecular weight excluding hydrogens is 400 g/mol. The molecule has 164 valence electrons. The van der Waals surface area contributed by atoms with Crippen molar-refractivity contribution in [2.45, 2.75) is 51.6 Å². The van der Waals surface area contributed by atoms with Crippen molar-refractivity contribution in [2.75, 3.05) is 6.54 Å². The highest BCUT2D eigenvalue weighted by molar-refractivity contribution is 5.90. The molecule has 1 N–H and O–H groups in total. The minimum atomic E-state index is -0.0209. The standard InChI is InChI=1S/C25H28N6O/c1-4-19-15-20(16(3)30(19)5-2)21-9-13-28-25-23(18-8-12-27-22(32)14-18)24(29-31(21)25)17-6-10-26-11-7-17/h6-14,16,19-20H,4-5,15H2,1-3H3,(H,27,32). The number of likely N-dealkylation sites (tertiary alicyclic amines) is 1. The van der Waals surface area contributed by atoms with E-state index in [2.05, 4.69) is 41.7 Å². The van der Waals surface area contributed by atoms with Crippen LogP contribution in [0.15, 0.2) is 55.1 Å². The van der Waals surface area contributed by atoms with Gasteiger partial charge in [-0.25, -0.2) is 14.5 Å². The largest absolute Gasteiger partial charge is 0.493 e. The van der Waals surface area contributed by atoms with E-state index in [1.807, 2.05) is 28.9 Å². The van der Waals surface area contributed by atoms with E-state index in [9.17, 15) is 5.11 Å². The first kappa shape index (κ1) is 20.6. The summed E-state index contributed by atoms with van der Waals surface area (Å²) < 4.78 is 2.01. The van der Waals surface area contributed by atoms with Crippen molar-refractivity contribution in [1.82, 2.24) is 29.5 Å². The van der Waals surface area contributed by atoms with E-state index in [-0.39, 0.29) is 5.88 Å². The quantitative estimate of drug-likeness (QED) is 0.503. The molecule has 0 aliphatic carbocycles. The highest BCUT2D eigenvalue weighted by Crippen LogP contribution is 2.41. The van der Waals surface area contributed by atoms with Crippen LogP contribution in [0, 0.1) is 0 Å². The van der Waals surface area contributed by atoms with Crippen molar-refractivity contribution in [3.63, 3.8) is 0 Å². The molecule has 0 radical (unpaired) electrons. The van der Waals surface area contributed by atoms with E-state index in [1.165, 1.54) is 5.69 Å². The summed E-state index contributed by atoms with van der Waals surface area (Å²) in [6, 6.07) is 10.6. The zero-order valence-electron chi connectivity index (χ0n) is 18.7. The van der Waals surface area contributed by atoms with Crippen molar-refractivity contribution >= 4 is 5.65 Å². The average molecular weight is 429 g/mol. The Morgan fingerprint density at radius 2 is 1.75 bits per heavy atom. The smallest absolute Gasteiger partial charge is 0.211 e. The van der Waals surface area contributed by atoms with E-state index in [1.54, 1.807) is 24.7 Å². The first-order valence-corrected chi connectivity index (χ1v) is 11.3. The number of hydrogen-bond donors (Lipinski definition) is 1. The van der Waals surface area contributed by atoms with E-state index < -0.39 is 0 Å². The van der Waals surface area contributed by atoms with Gasteiger partial charge < -0.3 is 5.11 Å². The molecular formula is C25H28N6O. The van der Waals surface area contributed by atoms with E-state index in [4.69, 9.17) is 10.1 Å². The molecule has 1 aliphatic rings. The fraction of sp³-hybridized carbons (Fsp3) is 0.360. The average Bonchev–Trinajstić information content (AvgIpc) is 3.37. The Hall–Kier alpha value is -3.32. The first-order chi connectivity index (χ1) is 15.6. The third-order valence-electron chi connectivity index (χ3n) is 6.85. The van der Waals surface area contributed by atoms with Crippen molar-refractivity contribution in [3.05, 3.63) is 60.8 Å². The second-order valence-electron chi connectivity index (χ2n) is 8.44. The van der Waals surface area contributed by atoms with Crippen LogP contribution >= 0.6 is 0 Å². The van der Waals surface area contributed by atoms with Crippen LogP contribution in [0.5, 0.6) is 5.88 Å². The molecule has 0 saturated carbocycles. The van der Waals surface area contributed by atoms with Gasteiger partial charge in [-0.05, 0) is 56.1 Å².